The van der Waals surface area contributed by atoms with Crippen molar-refractivity contribution in [1.29, 1.82) is 0 Å². The molecule has 9 heteroatoms. The van der Waals surface area contributed by atoms with Gasteiger partial charge in [-0.2, -0.15) is 0 Å². The van der Waals surface area contributed by atoms with Crippen LogP contribution in [0.25, 0.3) is 0 Å². The highest BCUT2D eigenvalue weighted by Gasteiger charge is 2.25. The summed E-state index contributed by atoms with van der Waals surface area (Å²) < 4.78 is 27.2. The smallest absolute Gasteiger partial charge is 0.261 e. The summed E-state index contributed by atoms with van der Waals surface area (Å²) in [5.74, 6) is -0.344. The van der Waals surface area contributed by atoms with Gasteiger partial charge in [0, 0.05) is 36.8 Å². The molecule has 2 aromatic carbocycles. The number of β-amino-alcohol motifs (C(OH)–C–C–N with tert-alkyl or cyclic N) is 1. The Morgan fingerprint density at radius 3 is 2.52 bits per heavy atom. The number of hydrogen-bond donors (Lipinski definition) is 4. The molecule has 146 valence electrons. The summed E-state index contributed by atoms with van der Waals surface area (Å²) in [6, 6.07) is 14.3. The molecule has 1 aliphatic heterocycles. The first-order chi connectivity index (χ1) is 12.5. The largest absolute Gasteiger partial charge is 0.391 e. The van der Waals surface area contributed by atoms with Crippen molar-refractivity contribution in [2.45, 2.75) is 11.0 Å². The average Bonchev–Trinajstić information content (AvgIpc) is 3.05. The zero-order valence-electron chi connectivity index (χ0n) is 14.5. The number of anilines is 1. The van der Waals surface area contributed by atoms with Crippen molar-refractivity contribution in [3.8, 4) is 0 Å². The zero-order chi connectivity index (χ0) is 18.6. The summed E-state index contributed by atoms with van der Waals surface area (Å²) in [6.07, 6.45) is -0.473. The van der Waals surface area contributed by atoms with Crippen molar-refractivity contribution < 1.29 is 18.3 Å². The van der Waals surface area contributed by atoms with Gasteiger partial charge in [-0.15, -0.1) is 12.4 Å². The van der Waals surface area contributed by atoms with Crippen LogP contribution in [0.1, 0.15) is 10.4 Å². The molecule has 2 atom stereocenters. The third-order valence-corrected chi connectivity index (χ3v) is 5.66. The number of amides is 1. The Balaban J connectivity index is 0.00000261. The van der Waals surface area contributed by atoms with E-state index in [0.717, 1.165) is 0 Å². The minimum Gasteiger partial charge on any atom is -0.391 e. The van der Waals surface area contributed by atoms with E-state index in [-0.39, 0.29) is 29.1 Å². The van der Waals surface area contributed by atoms with Crippen molar-refractivity contribution in [3.63, 3.8) is 0 Å². The Labute approximate surface area is 164 Å². The predicted octanol–water partition coefficient (Wildman–Crippen LogP) is 1.22. The molecule has 7 nitrogen and oxygen atoms in total. The second kappa shape index (κ2) is 9.18. The second-order valence-electron chi connectivity index (χ2n) is 6.20. The summed E-state index contributed by atoms with van der Waals surface area (Å²) in [7, 11) is -3.71. The number of carbonyl (C=O) groups excluding carboxylic acids is 1. The Hall–Kier alpha value is -2.13. The maximum Gasteiger partial charge on any atom is 0.261 e. The van der Waals surface area contributed by atoms with Gasteiger partial charge in [-0.1, -0.05) is 24.3 Å². The predicted molar refractivity (Wildman–Crippen MR) is 106 cm³/mol. The molecular formula is C18H22ClN3O4S. The maximum atomic E-state index is 12.4. The fourth-order valence-electron chi connectivity index (χ4n) is 2.79. The number of nitrogens with one attached hydrogen (secondary N) is 3. The first-order valence-electron chi connectivity index (χ1n) is 8.30. The van der Waals surface area contributed by atoms with Crippen LogP contribution in [0.2, 0.25) is 0 Å². The van der Waals surface area contributed by atoms with Crippen molar-refractivity contribution >= 4 is 34.0 Å². The van der Waals surface area contributed by atoms with Crippen molar-refractivity contribution in [3.05, 3.63) is 60.2 Å². The van der Waals surface area contributed by atoms with Crippen LogP contribution in [-0.4, -0.2) is 45.2 Å². The van der Waals surface area contributed by atoms with E-state index in [1.54, 1.807) is 36.4 Å². The fraction of sp³-hybridized carbons (Fsp3) is 0.278. The van der Waals surface area contributed by atoms with Crippen LogP contribution in [0, 0.1) is 5.92 Å². The number of halogens is 1. The van der Waals surface area contributed by atoms with E-state index in [9.17, 15) is 18.3 Å². The van der Waals surface area contributed by atoms with Crippen LogP contribution in [-0.2, 0) is 10.0 Å². The standard InChI is InChI=1S/C18H21N3O4S.ClH/c22-17-12-19-10-14(17)11-20-18(23)13-5-4-6-15(9-13)21-26(24,25)16-7-2-1-3-8-16;/h1-9,14,17,19,21-22H,10-12H2,(H,20,23);1H. The van der Waals surface area contributed by atoms with Gasteiger partial charge in [0.25, 0.3) is 15.9 Å². The second-order valence-corrected chi connectivity index (χ2v) is 7.88. The molecule has 2 unspecified atom stereocenters. The highest BCUT2D eigenvalue weighted by atomic mass is 35.5. The molecule has 1 fully saturated rings. The summed E-state index contributed by atoms with van der Waals surface area (Å²) in [5.41, 5.74) is 0.655. The normalized spacial score (nSPS) is 19.1. The fourth-order valence-corrected chi connectivity index (χ4v) is 3.86. The highest BCUT2D eigenvalue weighted by molar-refractivity contribution is 7.92. The molecule has 0 radical (unpaired) electrons. The lowest BCUT2D eigenvalue weighted by molar-refractivity contribution is 0.0927. The van der Waals surface area contributed by atoms with E-state index in [2.05, 4.69) is 15.4 Å². The van der Waals surface area contributed by atoms with Gasteiger partial charge in [0.2, 0.25) is 0 Å². The number of rotatable bonds is 6. The topological polar surface area (TPSA) is 108 Å². The Morgan fingerprint density at radius 1 is 1.11 bits per heavy atom. The molecule has 0 aromatic heterocycles. The average molecular weight is 412 g/mol. The maximum absolute atomic E-state index is 12.4. The van der Waals surface area contributed by atoms with E-state index in [1.807, 2.05) is 0 Å². The van der Waals surface area contributed by atoms with Crippen LogP contribution in [0.5, 0.6) is 0 Å². The number of hydrogen-bond acceptors (Lipinski definition) is 5. The Bertz CT molecular complexity index is 877. The van der Waals surface area contributed by atoms with Crippen molar-refractivity contribution in [1.82, 2.24) is 10.6 Å². The van der Waals surface area contributed by atoms with Crippen LogP contribution in [0.15, 0.2) is 59.5 Å². The molecule has 27 heavy (non-hydrogen) atoms. The molecule has 0 bridgehead atoms. The molecule has 0 spiro atoms. The first-order valence-corrected chi connectivity index (χ1v) is 9.79. The highest BCUT2D eigenvalue weighted by Crippen LogP contribution is 2.17. The third-order valence-electron chi connectivity index (χ3n) is 4.26. The summed E-state index contributed by atoms with van der Waals surface area (Å²) in [6.45, 7) is 1.53. The molecule has 0 saturated carbocycles. The van der Waals surface area contributed by atoms with E-state index >= 15 is 0 Å². The minimum atomic E-state index is -3.71. The third kappa shape index (κ3) is 5.43. The SMILES string of the molecule is Cl.O=C(NCC1CNCC1O)c1cccc(NS(=O)(=O)c2ccccc2)c1. The van der Waals surface area contributed by atoms with Crippen LogP contribution < -0.4 is 15.4 Å². The van der Waals surface area contributed by atoms with Crippen LogP contribution >= 0.6 is 12.4 Å². The lowest BCUT2D eigenvalue weighted by Gasteiger charge is -2.14. The lowest BCUT2D eigenvalue weighted by atomic mass is 10.1. The van der Waals surface area contributed by atoms with Crippen LogP contribution in [0.3, 0.4) is 0 Å². The van der Waals surface area contributed by atoms with E-state index in [0.29, 0.717) is 30.9 Å². The van der Waals surface area contributed by atoms with Gasteiger partial charge < -0.3 is 15.7 Å². The zero-order valence-corrected chi connectivity index (χ0v) is 16.1. The monoisotopic (exact) mass is 411 g/mol. The quantitative estimate of drug-likeness (QED) is 0.571. The number of aliphatic hydroxyl groups is 1. The van der Waals surface area contributed by atoms with Crippen molar-refractivity contribution in [2.75, 3.05) is 24.4 Å². The Kier molecular flexibility index (Phi) is 7.20. The number of aliphatic hydroxyl groups excluding tert-OH is 1. The van der Waals surface area contributed by atoms with Gasteiger partial charge in [-0.3, -0.25) is 9.52 Å². The van der Waals surface area contributed by atoms with Gasteiger partial charge in [0.15, 0.2) is 0 Å². The minimum absolute atomic E-state index is 0. The summed E-state index contributed by atoms with van der Waals surface area (Å²) in [5, 5.41) is 15.6. The molecule has 1 aliphatic rings. The lowest BCUT2D eigenvalue weighted by Crippen LogP contribution is -2.34. The molecule has 1 heterocycles. The van der Waals surface area contributed by atoms with Gasteiger partial charge in [-0.05, 0) is 30.3 Å². The van der Waals surface area contributed by atoms with E-state index < -0.39 is 16.1 Å². The number of carbonyl (C=O) groups is 1. The molecular weight excluding hydrogens is 390 g/mol. The summed E-state index contributed by atoms with van der Waals surface area (Å²) >= 11 is 0. The van der Waals surface area contributed by atoms with Gasteiger partial charge in [0.05, 0.1) is 11.0 Å². The Morgan fingerprint density at radius 2 is 1.85 bits per heavy atom. The molecule has 4 N–H and O–H groups in total. The van der Waals surface area contributed by atoms with E-state index in [4.69, 9.17) is 0 Å². The number of sulfonamides is 1. The molecule has 1 amide bonds. The molecule has 1 saturated heterocycles. The van der Waals surface area contributed by atoms with Gasteiger partial charge in [-0.25, -0.2) is 8.42 Å². The van der Waals surface area contributed by atoms with Gasteiger partial charge >= 0.3 is 0 Å². The molecule has 2 aromatic rings. The number of benzene rings is 2. The van der Waals surface area contributed by atoms with Gasteiger partial charge in [0.1, 0.15) is 0 Å². The van der Waals surface area contributed by atoms with Crippen LogP contribution in [0.4, 0.5) is 5.69 Å². The first kappa shape index (κ1) is 21.2. The molecule has 0 aliphatic carbocycles. The summed E-state index contributed by atoms with van der Waals surface area (Å²) in [4.78, 5) is 12.5. The van der Waals surface area contributed by atoms with E-state index in [1.165, 1.54) is 18.2 Å². The van der Waals surface area contributed by atoms with Crippen molar-refractivity contribution in [2.24, 2.45) is 5.92 Å². The molecule has 3 rings (SSSR count).